The lowest BCUT2D eigenvalue weighted by molar-refractivity contribution is -0.267. The van der Waals surface area contributed by atoms with Crippen molar-refractivity contribution in [3.8, 4) is 0 Å². The van der Waals surface area contributed by atoms with Crippen LogP contribution in [0.2, 0.25) is 0 Å². The van der Waals surface area contributed by atoms with Gasteiger partial charge in [-0.05, 0) is 13.3 Å². The normalized spacial score (nSPS) is 13.4. The predicted molar refractivity (Wildman–Crippen MR) is 66.6 cm³/mol. The van der Waals surface area contributed by atoms with E-state index >= 15 is 0 Å². The summed E-state index contributed by atoms with van der Waals surface area (Å²) in [7, 11) is 0. The fraction of sp³-hybridized carbons (Fsp3) is 0.615. The second kappa shape index (κ2) is 11.4. The lowest BCUT2D eigenvalue weighted by Gasteiger charge is -2.07. The van der Waals surface area contributed by atoms with Crippen LogP contribution in [0.3, 0.4) is 0 Å². The summed E-state index contributed by atoms with van der Waals surface area (Å²) in [4.78, 5) is 15.3. The molecule has 17 heavy (non-hydrogen) atoms. The first-order chi connectivity index (χ1) is 8.24. The van der Waals surface area contributed by atoms with Gasteiger partial charge >= 0.3 is 5.97 Å². The van der Waals surface area contributed by atoms with Crippen molar-refractivity contribution in [3.05, 3.63) is 24.3 Å². The summed E-state index contributed by atoms with van der Waals surface area (Å²) in [6.45, 7) is 4.24. The molecule has 0 unspecified atom stereocenters. The lowest BCUT2D eigenvalue weighted by Crippen LogP contribution is -2.06. The molecule has 0 amide bonds. The number of esters is 1. The fourth-order valence-corrected chi connectivity index (χ4v) is 1.29. The Morgan fingerprint density at radius 2 is 2.06 bits per heavy atom. The van der Waals surface area contributed by atoms with E-state index < -0.39 is 0 Å². The van der Waals surface area contributed by atoms with Gasteiger partial charge in [-0.15, -0.1) is 0 Å². The minimum Gasteiger partial charge on any atom is -0.463 e. The summed E-state index contributed by atoms with van der Waals surface area (Å²) in [5, 5.41) is 8.65. The highest BCUT2D eigenvalue weighted by atomic mass is 17.1. The van der Waals surface area contributed by atoms with Gasteiger partial charge in [0.1, 0.15) is 6.10 Å². The number of unbranched alkanes of at least 4 members (excludes halogenated alkanes) is 2. The van der Waals surface area contributed by atoms with E-state index in [0.717, 1.165) is 25.7 Å². The van der Waals surface area contributed by atoms with Crippen molar-refractivity contribution in [2.45, 2.75) is 45.6 Å². The van der Waals surface area contributed by atoms with E-state index in [-0.39, 0.29) is 12.1 Å². The minimum atomic E-state index is -0.371. The van der Waals surface area contributed by atoms with Gasteiger partial charge in [0.2, 0.25) is 0 Å². The third-order valence-corrected chi connectivity index (χ3v) is 2.18. The summed E-state index contributed by atoms with van der Waals surface area (Å²) in [6, 6.07) is 0. The number of hydrogen-bond donors (Lipinski definition) is 1. The van der Waals surface area contributed by atoms with Crippen molar-refractivity contribution in [1.82, 2.24) is 0 Å². The Morgan fingerprint density at radius 1 is 1.29 bits per heavy atom. The number of rotatable bonds is 9. The highest BCUT2D eigenvalue weighted by molar-refractivity contribution is 5.82. The van der Waals surface area contributed by atoms with E-state index in [9.17, 15) is 4.79 Å². The number of carbonyl (C=O) groups is 1. The molecule has 0 fully saturated rings. The molecule has 0 heterocycles. The van der Waals surface area contributed by atoms with E-state index in [4.69, 9.17) is 9.99 Å². The molecule has 4 nitrogen and oxygen atoms in total. The van der Waals surface area contributed by atoms with E-state index in [1.165, 1.54) is 6.08 Å². The highest BCUT2D eigenvalue weighted by Gasteiger charge is 2.02. The molecular weight excluding hydrogens is 220 g/mol. The topological polar surface area (TPSA) is 55.8 Å². The number of ether oxygens (including phenoxy) is 1. The monoisotopic (exact) mass is 242 g/mol. The quantitative estimate of drug-likeness (QED) is 0.168. The minimum absolute atomic E-state index is 0.312. The smallest absolute Gasteiger partial charge is 0.330 e. The molecule has 0 aliphatic carbocycles. The van der Waals surface area contributed by atoms with Crippen molar-refractivity contribution >= 4 is 5.97 Å². The van der Waals surface area contributed by atoms with Crippen molar-refractivity contribution in [1.29, 1.82) is 0 Å². The van der Waals surface area contributed by atoms with Gasteiger partial charge in [0.25, 0.3) is 0 Å². The highest BCUT2D eigenvalue weighted by Crippen LogP contribution is 2.07. The van der Waals surface area contributed by atoms with Gasteiger partial charge in [-0.1, -0.05) is 44.4 Å². The Bertz CT molecular complexity index is 246. The average molecular weight is 242 g/mol. The predicted octanol–water partition coefficient (Wildman–Crippen LogP) is 3.10. The van der Waals surface area contributed by atoms with Crippen molar-refractivity contribution in [2.24, 2.45) is 0 Å². The first-order valence-electron chi connectivity index (χ1n) is 6.06. The van der Waals surface area contributed by atoms with Crippen LogP contribution in [-0.4, -0.2) is 23.9 Å². The van der Waals surface area contributed by atoms with Gasteiger partial charge in [-0.2, -0.15) is 0 Å². The van der Waals surface area contributed by atoms with Crippen LogP contribution in [0.15, 0.2) is 24.3 Å². The van der Waals surface area contributed by atoms with E-state index in [2.05, 4.69) is 11.8 Å². The molecule has 0 radical (unpaired) electrons. The van der Waals surface area contributed by atoms with Gasteiger partial charge in [0.15, 0.2) is 0 Å². The summed E-state index contributed by atoms with van der Waals surface area (Å²) in [5.74, 6) is -0.371. The molecule has 0 aromatic rings. The maximum Gasteiger partial charge on any atom is 0.330 e. The van der Waals surface area contributed by atoms with Gasteiger partial charge < -0.3 is 4.74 Å². The fourth-order valence-electron chi connectivity index (χ4n) is 1.29. The maximum atomic E-state index is 10.9. The lowest BCUT2D eigenvalue weighted by atomic mass is 10.1. The third kappa shape index (κ3) is 9.78. The molecule has 0 aliphatic heterocycles. The summed E-state index contributed by atoms with van der Waals surface area (Å²) < 4.78 is 4.71. The molecule has 1 atom stereocenters. The third-order valence-electron chi connectivity index (χ3n) is 2.18. The standard InChI is InChI=1S/C13H22O4/c1-3-5-6-9-12(17-15)10-7-8-11-13(14)16-4-2/h7-8,10-12,15H,3-6,9H2,1-2H3/b10-7+,11-8+/t12-/m0/s1. The van der Waals surface area contributed by atoms with Crippen LogP contribution < -0.4 is 0 Å². The molecule has 1 N–H and O–H groups in total. The summed E-state index contributed by atoms with van der Waals surface area (Å²) in [6.07, 6.45) is 10.0. The molecule has 0 aliphatic rings. The van der Waals surface area contributed by atoms with Crippen molar-refractivity contribution in [2.75, 3.05) is 6.61 Å². The molecule has 0 aromatic heterocycles. The van der Waals surface area contributed by atoms with Gasteiger partial charge in [0, 0.05) is 6.08 Å². The van der Waals surface area contributed by atoms with Gasteiger partial charge in [-0.25, -0.2) is 9.68 Å². The molecule has 0 rings (SSSR count). The first-order valence-corrected chi connectivity index (χ1v) is 6.06. The average Bonchev–Trinajstić information content (AvgIpc) is 2.32. The van der Waals surface area contributed by atoms with Crippen molar-refractivity contribution in [3.63, 3.8) is 0 Å². The second-order valence-electron chi connectivity index (χ2n) is 3.64. The van der Waals surface area contributed by atoms with Crippen molar-refractivity contribution < 1.29 is 19.7 Å². The van der Waals surface area contributed by atoms with Crippen LogP contribution in [0.1, 0.15) is 39.5 Å². The summed E-state index contributed by atoms with van der Waals surface area (Å²) >= 11 is 0. The molecule has 98 valence electrons. The van der Waals surface area contributed by atoms with E-state index in [1.54, 1.807) is 25.2 Å². The molecule has 0 bridgehead atoms. The van der Waals surface area contributed by atoms with Gasteiger partial charge in [0.05, 0.1) is 6.61 Å². The summed E-state index contributed by atoms with van der Waals surface area (Å²) in [5.41, 5.74) is 0. The molecule has 0 saturated carbocycles. The Hall–Kier alpha value is -1.13. The van der Waals surface area contributed by atoms with Crippen LogP contribution in [0.4, 0.5) is 0 Å². The molecular formula is C13H22O4. The van der Waals surface area contributed by atoms with Gasteiger partial charge in [-0.3, -0.25) is 5.26 Å². The zero-order chi connectivity index (χ0) is 12.9. The molecule has 0 saturated heterocycles. The second-order valence-corrected chi connectivity index (χ2v) is 3.64. The number of carbonyl (C=O) groups excluding carboxylic acids is 1. The largest absolute Gasteiger partial charge is 0.463 e. The molecule has 0 spiro atoms. The zero-order valence-corrected chi connectivity index (χ0v) is 10.6. The Balaban J connectivity index is 3.88. The van der Waals surface area contributed by atoms with Crippen LogP contribution in [0.5, 0.6) is 0 Å². The van der Waals surface area contributed by atoms with E-state index in [1.807, 2.05) is 0 Å². The van der Waals surface area contributed by atoms with Crippen LogP contribution in [0, 0.1) is 0 Å². The SMILES string of the molecule is CCCCC[C@@H](/C=C/C=C/C(=O)OCC)OO. The Morgan fingerprint density at radius 3 is 2.65 bits per heavy atom. The maximum absolute atomic E-state index is 10.9. The van der Waals surface area contributed by atoms with Crippen LogP contribution in [-0.2, 0) is 14.4 Å². The Labute approximate surface area is 103 Å². The van der Waals surface area contributed by atoms with Crippen LogP contribution >= 0.6 is 0 Å². The number of hydrogen-bond acceptors (Lipinski definition) is 4. The van der Waals surface area contributed by atoms with E-state index in [0.29, 0.717) is 6.61 Å². The van der Waals surface area contributed by atoms with Crippen LogP contribution in [0.25, 0.3) is 0 Å². The zero-order valence-electron chi connectivity index (χ0n) is 10.6. The molecule has 0 aromatic carbocycles. The Kier molecular flexibility index (Phi) is 10.6. The first kappa shape index (κ1) is 15.9. The number of allylic oxidation sites excluding steroid dienone is 2. The molecule has 4 heteroatoms.